The molecule has 0 amide bonds. The molecule has 1 aliphatic heterocycles. The van der Waals surface area contributed by atoms with Crippen molar-refractivity contribution in [1.29, 1.82) is 0 Å². The van der Waals surface area contributed by atoms with Crippen LogP contribution in [-0.4, -0.2) is 23.4 Å². The smallest absolute Gasteiger partial charge is 0.261 e. The van der Waals surface area contributed by atoms with E-state index in [1.807, 2.05) is 32.0 Å². The summed E-state index contributed by atoms with van der Waals surface area (Å²) in [4.78, 5) is 4.46. The number of nitrogens with zero attached hydrogens (tertiary/aromatic N) is 2. The quantitative estimate of drug-likeness (QED) is 0.931. The molecule has 0 saturated heterocycles. The zero-order valence-corrected chi connectivity index (χ0v) is 12.3. The van der Waals surface area contributed by atoms with Crippen LogP contribution in [0.2, 0.25) is 0 Å². The topological polar surface area (TPSA) is 83.4 Å². The zero-order chi connectivity index (χ0) is 14.9. The van der Waals surface area contributed by atoms with Crippen LogP contribution in [0.15, 0.2) is 22.7 Å². The van der Waals surface area contributed by atoms with Crippen molar-refractivity contribution in [3.8, 4) is 23.0 Å². The lowest BCUT2D eigenvalue weighted by Gasteiger charge is -2.21. The fourth-order valence-corrected chi connectivity index (χ4v) is 2.34. The number of benzene rings is 1. The molecule has 2 aromatic rings. The minimum Gasteiger partial charge on any atom is -0.486 e. The van der Waals surface area contributed by atoms with E-state index in [0.29, 0.717) is 36.4 Å². The van der Waals surface area contributed by atoms with Crippen LogP contribution in [0.4, 0.5) is 0 Å². The molecule has 0 spiro atoms. The number of hydrogen-bond donors (Lipinski definition) is 1. The molecule has 6 heteroatoms. The van der Waals surface area contributed by atoms with Crippen molar-refractivity contribution in [2.75, 3.05) is 13.2 Å². The number of ether oxygens (including phenoxy) is 2. The van der Waals surface area contributed by atoms with E-state index in [9.17, 15) is 0 Å². The lowest BCUT2D eigenvalue weighted by molar-refractivity contribution is 0.172. The van der Waals surface area contributed by atoms with Crippen LogP contribution in [0.25, 0.3) is 11.5 Å². The molecule has 0 radical (unpaired) electrons. The fourth-order valence-electron chi connectivity index (χ4n) is 2.34. The highest BCUT2D eigenvalue weighted by molar-refractivity contribution is 5.68. The molecule has 0 saturated carbocycles. The highest BCUT2D eigenvalue weighted by Crippen LogP contribution is 2.39. The summed E-state index contributed by atoms with van der Waals surface area (Å²) in [5.41, 5.74) is 6.48. The Morgan fingerprint density at radius 3 is 2.71 bits per heavy atom. The summed E-state index contributed by atoms with van der Waals surface area (Å²) in [5.74, 6) is 2.28. The van der Waals surface area contributed by atoms with E-state index in [-0.39, 0.29) is 0 Å². The van der Waals surface area contributed by atoms with Crippen LogP contribution in [0, 0.1) is 0 Å². The molecular formula is C15H19N3O3. The molecule has 6 nitrogen and oxygen atoms in total. The Morgan fingerprint density at radius 1 is 1.19 bits per heavy atom. The lowest BCUT2D eigenvalue weighted by atomic mass is 9.93. The van der Waals surface area contributed by atoms with Crippen molar-refractivity contribution in [3.05, 3.63) is 24.0 Å². The molecule has 1 aromatic heterocycles. The van der Waals surface area contributed by atoms with Gasteiger partial charge in [0.05, 0.1) is 11.1 Å². The Bertz CT molecular complexity index is 635. The Morgan fingerprint density at radius 2 is 1.95 bits per heavy atom. The standard InChI is InChI=1S/C15H19N3O3/c1-3-15(16,4-2)14-17-13(21-18-14)10-6-5-7-11-12(10)20-9-8-19-11/h5-7H,3-4,8-9,16H2,1-2H3. The normalized spacial score (nSPS) is 14.2. The largest absolute Gasteiger partial charge is 0.486 e. The van der Waals surface area contributed by atoms with E-state index in [4.69, 9.17) is 19.7 Å². The molecule has 1 aliphatic rings. The predicted molar refractivity (Wildman–Crippen MR) is 77.2 cm³/mol. The van der Waals surface area contributed by atoms with Crippen molar-refractivity contribution >= 4 is 0 Å². The summed E-state index contributed by atoms with van der Waals surface area (Å²) < 4.78 is 16.6. The molecule has 2 N–H and O–H groups in total. The van der Waals surface area contributed by atoms with E-state index in [1.165, 1.54) is 0 Å². The van der Waals surface area contributed by atoms with Gasteiger partial charge in [-0.1, -0.05) is 25.1 Å². The summed E-state index contributed by atoms with van der Waals surface area (Å²) in [6, 6.07) is 5.61. The molecule has 0 aliphatic carbocycles. The summed E-state index contributed by atoms with van der Waals surface area (Å²) in [6.07, 6.45) is 1.49. The fraction of sp³-hybridized carbons (Fsp3) is 0.467. The third kappa shape index (κ3) is 2.35. The lowest BCUT2D eigenvalue weighted by Crippen LogP contribution is -2.36. The molecular weight excluding hydrogens is 270 g/mol. The minimum absolute atomic E-state index is 0.407. The maximum absolute atomic E-state index is 6.31. The van der Waals surface area contributed by atoms with Crippen LogP contribution in [-0.2, 0) is 5.54 Å². The average molecular weight is 289 g/mol. The van der Waals surface area contributed by atoms with Gasteiger partial charge in [0.15, 0.2) is 17.3 Å². The minimum atomic E-state index is -0.562. The highest BCUT2D eigenvalue weighted by Gasteiger charge is 2.30. The summed E-state index contributed by atoms with van der Waals surface area (Å²) >= 11 is 0. The monoisotopic (exact) mass is 289 g/mol. The maximum Gasteiger partial charge on any atom is 0.261 e. The first-order chi connectivity index (χ1) is 10.2. The third-order valence-electron chi connectivity index (χ3n) is 3.93. The number of nitrogens with two attached hydrogens (primary N) is 1. The van der Waals surface area contributed by atoms with Crippen molar-refractivity contribution < 1.29 is 14.0 Å². The molecule has 0 fully saturated rings. The second kappa shape index (κ2) is 5.37. The molecule has 2 heterocycles. The predicted octanol–water partition coefficient (Wildman–Crippen LogP) is 2.48. The number of fused-ring (bicyclic) bond motifs is 1. The van der Waals surface area contributed by atoms with Crippen molar-refractivity contribution in [1.82, 2.24) is 10.1 Å². The van der Waals surface area contributed by atoms with E-state index in [2.05, 4.69) is 10.1 Å². The Hall–Kier alpha value is -2.08. The van der Waals surface area contributed by atoms with E-state index < -0.39 is 5.54 Å². The molecule has 0 unspecified atom stereocenters. The van der Waals surface area contributed by atoms with Gasteiger partial charge in [0, 0.05) is 0 Å². The molecule has 21 heavy (non-hydrogen) atoms. The second-order valence-electron chi connectivity index (χ2n) is 5.12. The maximum atomic E-state index is 6.31. The van der Waals surface area contributed by atoms with Gasteiger partial charge < -0.3 is 19.7 Å². The molecule has 112 valence electrons. The number of aromatic nitrogens is 2. The number of rotatable bonds is 4. The first-order valence-electron chi connectivity index (χ1n) is 7.20. The summed E-state index contributed by atoms with van der Waals surface area (Å²) in [7, 11) is 0. The number of hydrogen-bond acceptors (Lipinski definition) is 6. The first kappa shape index (κ1) is 13.9. The number of para-hydroxylation sites is 1. The van der Waals surface area contributed by atoms with Crippen LogP contribution >= 0.6 is 0 Å². The van der Waals surface area contributed by atoms with Crippen LogP contribution in [0.5, 0.6) is 11.5 Å². The van der Waals surface area contributed by atoms with Gasteiger partial charge in [-0.2, -0.15) is 4.98 Å². The molecule has 1 aromatic carbocycles. The zero-order valence-electron chi connectivity index (χ0n) is 12.3. The van der Waals surface area contributed by atoms with E-state index in [1.54, 1.807) is 0 Å². The molecule has 0 bridgehead atoms. The van der Waals surface area contributed by atoms with Gasteiger partial charge in [0.1, 0.15) is 13.2 Å². The van der Waals surface area contributed by atoms with Gasteiger partial charge in [-0.05, 0) is 25.0 Å². The molecule has 0 atom stereocenters. The van der Waals surface area contributed by atoms with Crippen molar-refractivity contribution in [2.24, 2.45) is 5.73 Å². The Kier molecular flexibility index (Phi) is 3.55. The van der Waals surface area contributed by atoms with Crippen molar-refractivity contribution in [3.63, 3.8) is 0 Å². The van der Waals surface area contributed by atoms with Gasteiger partial charge in [-0.15, -0.1) is 0 Å². The van der Waals surface area contributed by atoms with Crippen molar-refractivity contribution in [2.45, 2.75) is 32.2 Å². The molecule has 3 rings (SSSR count). The summed E-state index contributed by atoms with van der Waals surface area (Å²) in [6.45, 7) is 5.08. The van der Waals surface area contributed by atoms with E-state index >= 15 is 0 Å². The second-order valence-corrected chi connectivity index (χ2v) is 5.12. The third-order valence-corrected chi connectivity index (χ3v) is 3.93. The Labute approximate surface area is 123 Å². The van der Waals surface area contributed by atoms with Gasteiger partial charge in [0.2, 0.25) is 0 Å². The SMILES string of the molecule is CCC(N)(CC)c1noc(-c2cccc3c2OCCO3)n1. The summed E-state index contributed by atoms with van der Waals surface area (Å²) in [5, 5.41) is 4.05. The van der Waals surface area contributed by atoms with Crippen LogP contribution in [0.1, 0.15) is 32.5 Å². The highest BCUT2D eigenvalue weighted by atomic mass is 16.6. The van der Waals surface area contributed by atoms with Gasteiger partial charge >= 0.3 is 0 Å². The van der Waals surface area contributed by atoms with Gasteiger partial charge in [-0.3, -0.25) is 0 Å². The Balaban J connectivity index is 2.01. The van der Waals surface area contributed by atoms with Crippen LogP contribution in [0.3, 0.4) is 0 Å². The first-order valence-corrected chi connectivity index (χ1v) is 7.20. The van der Waals surface area contributed by atoms with E-state index in [0.717, 1.165) is 18.4 Å². The van der Waals surface area contributed by atoms with Crippen LogP contribution < -0.4 is 15.2 Å². The van der Waals surface area contributed by atoms with Gasteiger partial charge in [-0.25, -0.2) is 0 Å². The van der Waals surface area contributed by atoms with Gasteiger partial charge in [0.25, 0.3) is 5.89 Å². The average Bonchev–Trinajstić information content (AvgIpc) is 3.04.